The van der Waals surface area contributed by atoms with Gasteiger partial charge in [0.15, 0.2) is 5.71 Å². The third-order valence-electron chi connectivity index (χ3n) is 16.2. The van der Waals surface area contributed by atoms with Crippen molar-refractivity contribution in [3.63, 3.8) is 0 Å². The van der Waals surface area contributed by atoms with Crippen LogP contribution in [0.4, 0.5) is 17.3 Å². The summed E-state index contributed by atoms with van der Waals surface area (Å²) in [5, 5.41) is 4.77. The molecule has 0 unspecified atom stereocenters. The minimum Gasteiger partial charge on any atom is -0.441 e. The van der Waals surface area contributed by atoms with E-state index in [0.29, 0.717) is 0 Å². The van der Waals surface area contributed by atoms with Gasteiger partial charge in [-0.25, -0.2) is 0 Å². The minimum absolute atomic E-state index is 0.0323. The Morgan fingerprint density at radius 3 is 1.85 bits per heavy atom. The van der Waals surface area contributed by atoms with Crippen LogP contribution in [0.15, 0.2) is 118 Å². The smallest absolute Gasteiger partial charge is 0.340 e. The van der Waals surface area contributed by atoms with Crippen molar-refractivity contribution in [2.45, 2.75) is 110 Å². The molecule has 0 bridgehead atoms. The van der Waals surface area contributed by atoms with Gasteiger partial charge in [-0.05, 0) is 141 Å². The van der Waals surface area contributed by atoms with E-state index in [1.807, 2.05) is 0 Å². The Labute approximate surface area is 364 Å². The van der Waals surface area contributed by atoms with Crippen LogP contribution < -0.4 is 15.8 Å². The lowest BCUT2D eigenvalue weighted by Crippen LogP contribution is -2.56. The van der Waals surface area contributed by atoms with E-state index in [2.05, 4.69) is 181 Å². The SMILES string of the molecule is Cc1cc2c(cc1N1c3cc(-c4ccccc4)cc4c3B(c3c1oc1cc5c(cc31)C(C)(C)CCC5(C)C)n1c3oc5ccccc5c3c3cccc-4c31)C(C)(C)CCC2(C)C. The second kappa shape index (κ2) is 11.7. The van der Waals surface area contributed by atoms with E-state index in [0.717, 1.165) is 47.4 Å². The predicted molar refractivity (Wildman–Crippen MR) is 260 cm³/mol. The number of aryl methyl sites for hydroxylation is 1. The summed E-state index contributed by atoms with van der Waals surface area (Å²) >= 11 is 0. The van der Waals surface area contributed by atoms with E-state index < -0.39 is 0 Å². The number of para-hydroxylation sites is 2. The average molecular weight is 809 g/mol. The largest absolute Gasteiger partial charge is 0.441 e. The van der Waals surface area contributed by atoms with E-state index in [1.165, 1.54) is 100 Å². The molecule has 9 aromatic rings. The third kappa shape index (κ3) is 4.64. The Kier molecular flexibility index (Phi) is 6.95. The Morgan fingerprint density at radius 1 is 0.500 bits per heavy atom. The number of anilines is 3. The van der Waals surface area contributed by atoms with Crippen molar-refractivity contribution in [2.24, 2.45) is 0 Å². The Balaban J connectivity index is 1.22. The van der Waals surface area contributed by atoms with Gasteiger partial charge >= 0.3 is 6.85 Å². The number of rotatable bonds is 2. The van der Waals surface area contributed by atoms with Crippen molar-refractivity contribution in [3.8, 4) is 22.3 Å². The zero-order valence-corrected chi connectivity index (χ0v) is 37.5. The van der Waals surface area contributed by atoms with Gasteiger partial charge in [-0.2, -0.15) is 0 Å². The van der Waals surface area contributed by atoms with Gasteiger partial charge in [0.2, 0.25) is 5.88 Å². The first-order valence-corrected chi connectivity index (χ1v) is 22.9. The van der Waals surface area contributed by atoms with E-state index in [-0.39, 0.29) is 28.5 Å². The molecular weight excluding hydrogens is 755 g/mol. The molecule has 0 amide bonds. The van der Waals surface area contributed by atoms with Crippen LogP contribution in [-0.2, 0) is 21.7 Å². The molecule has 5 heteroatoms. The molecule has 0 fully saturated rings. The molecule has 62 heavy (non-hydrogen) atoms. The molecule has 13 rings (SSSR count). The topological polar surface area (TPSA) is 34.5 Å². The summed E-state index contributed by atoms with van der Waals surface area (Å²) in [4.78, 5) is 2.53. The summed E-state index contributed by atoms with van der Waals surface area (Å²) in [5.74, 6) is 0.910. The highest BCUT2D eigenvalue weighted by atomic mass is 16.4. The van der Waals surface area contributed by atoms with Crippen molar-refractivity contribution < 1.29 is 8.83 Å². The zero-order valence-electron chi connectivity index (χ0n) is 37.5. The van der Waals surface area contributed by atoms with Gasteiger partial charge in [0.1, 0.15) is 11.2 Å². The number of benzene rings is 6. The second-order valence-corrected chi connectivity index (χ2v) is 21.8. The molecule has 2 aliphatic carbocycles. The lowest BCUT2D eigenvalue weighted by molar-refractivity contribution is 0.332. The van der Waals surface area contributed by atoms with Gasteiger partial charge in [0.25, 0.3) is 0 Å². The van der Waals surface area contributed by atoms with Gasteiger partial charge in [-0.1, -0.05) is 128 Å². The number of hydrogen-bond acceptors (Lipinski definition) is 3. The molecule has 0 saturated heterocycles. The van der Waals surface area contributed by atoms with Crippen LogP contribution in [0.3, 0.4) is 0 Å². The standard InChI is InChI=1S/C57H53BN2O2/c1-32-26-40-42(56(6,7)24-22-54(40,2)3)30-44(32)59-45-28-34(33-16-11-10-12-17-33)27-38-35-19-15-20-37-48-36-18-13-14-21-46(36)61-52(48)60(51(35)37)58(49(38)45)50-39-29-41-43(31-47(39)62-53(50)59)57(8,9)25-23-55(41,4)5/h10-21,26-31H,22-25H2,1-9H3. The average Bonchev–Trinajstić information content (AvgIpc) is 3.92. The molecule has 0 atom stereocenters. The van der Waals surface area contributed by atoms with Gasteiger partial charge < -0.3 is 13.3 Å². The normalized spacial score (nSPS) is 18.6. The molecule has 4 aliphatic rings. The van der Waals surface area contributed by atoms with E-state index in [9.17, 15) is 0 Å². The number of hydrogen-bond donors (Lipinski definition) is 0. The number of furan rings is 2. The fourth-order valence-corrected chi connectivity index (χ4v) is 12.5. The van der Waals surface area contributed by atoms with Gasteiger partial charge in [-0.15, -0.1) is 0 Å². The minimum atomic E-state index is -0.196. The molecule has 3 aromatic heterocycles. The van der Waals surface area contributed by atoms with Gasteiger partial charge in [0.05, 0.1) is 11.1 Å². The molecule has 0 radical (unpaired) electrons. The molecule has 4 nitrogen and oxygen atoms in total. The van der Waals surface area contributed by atoms with Gasteiger partial charge in [0, 0.05) is 38.4 Å². The van der Waals surface area contributed by atoms with E-state index in [4.69, 9.17) is 8.83 Å². The highest BCUT2D eigenvalue weighted by molar-refractivity contribution is 6.91. The Morgan fingerprint density at radius 2 is 1.13 bits per heavy atom. The maximum atomic E-state index is 7.59. The summed E-state index contributed by atoms with van der Waals surface area (Å²) in [5.41, 5.74) is 21.1. The van der Waals surface area contributed by atoms with Crippen molar-refractivity contribution in [1.29, 1.82) is 0 Å². The molecular formula is C57H53BN2O2. The molecule has 306 valence electrons. The van der Waals surface area contributed by atoms with E-state index >= 15 is 0 Å². The van der Waals surface area contributed by atoms with Crippen LogP contribution in [-0.4, -0.2) is 11.3 Å². The molecule has 5 heterocycles. The number of nitrogens with zero attached hydrogens (tertiary/aromatic N) is 2. The highest BCUT2D eigenvalue weighted by Gasteiger charge is 2.49. The monoisotopic (exact) mass is 808 g/mol. The Bertz CT molecular complexity index is 3440. The Hall–Kier alpha value is -5.94. The van der Waals surface area contributed by atoms with Crippen LogP contribution in [0, 0.1) is 6.92 Å². The first-order chi connectivity index (χ1) is 29.6. The van der Waals surface area contributed by atoms with Crippen LogP contribution in [0.2, 0.25) is 0 Å². The van der Waals surface area contributed by atoms with Crippen LogP contribution >= 0.6 is 0 Å². The fraction of sp³-hybridized carbons (Fsp3) is 0.298. The molecule has 6 aromatic carbocycles. The summed E-state index contributed by atoms with van der Waals surface area (Å²) in [6, 6.07) is 41.3. The quantitative estimate of drug-likeness (QED) is 0.163. The second-order valence-electron chi connectivity index (χ2n) is 21.8. The molecule has 0 saturated carbocycles. The summed E-state index contributed by atoms with van der Waals surface area (Å²) in [6.45, 7) is 21.6. The predicted octanol–water partition coefficient (Wildman–Crippen LogP) is 14.4. The van der Waals surface area contributed by atoms with Crippen molar-refractivity contribution in [3.05, 3.63) is 137 Å². The van der Waals surface area contributed by atoms with Gasteiger partial charge in [-0.3, -0.25) is 4.90 Å². The maximum absolute atomic E-state index is 7.59. The summed E-state index contributed by atoms with van der Waals surface area (Å²) in [6.07, 6.45) is 4.62. The first-order valence-electron chi connectivity index (χ1n) is 22.9. The van der Waals surface area contributed by atoms with Crippen LogP contribution in [0.25, 0.3) is 66.2 Å². The summed E-state index contributed by atoms with van der Waals surface area (Å²) < 4.78 is 17.2. The van der Waals surface area contributed by atoms with Crippen LogP contribution in [0.5, 0.6) is 0 Å². The van der Waals surface area contributed by atoms with Crippen LogP contribution in [0.1, 0.15) is 109 Å². The molecule has 0 N–H and O–H groups in total. The van der Waals surface area contributed by atoms with E-state index in [1.54, 1.807) is 0 Å². The third-order valence-corrected chi connectivity index (χ3v) is 16.2. The zero-order chi connectivity index (χ0) is 42.4. The lowest BCUT2D eigenvalue weighted by Gasteiger charge is -2.44. The number of aromatic nitrogens is 1. The molecule has 0 spiro atoms. The van der Waals surface area contributed by atoms with Crippen molar-refractivity contribution >= 4 is 79.0 Å². The fourth-order valence-electron chi connectivity index (χ4n) is 12.5. The van der Waals surface area contributed by atoms with Crippen molar-refractivity contribution in [1.82, 2.24) is 4.48 Å². The first kappa shape index (κ1) is 36.7. The molecule has 2 aliphatic heterocycles. The lowest BCUT2D eigenvalue weighted by atomic mass is 9.45. The number of fused-ring (bicyclic) bond motifs is 13. The summed E-state index contributed by atoms with van der Waals surface area (Å²) in [7, 11) is 0. The maximum Gasteiger partial charge on any atom is 0.340 e. The highest BCUT2D eigenvalue weighted by Crippen LogP contribution is 2.54. The van der Waals surface area contributed by atoms with Crippen molar-refractivity contribution in [2.75, 3.05) is 4.90 Å².